The Morgan fingerprint density at radius 1 is 0.938 bits per heavy atom. The molecular formula is C25H25ClN2O4. The third-order valence-corrected chi connectivity index (χ3v) is 5.06. The summed E-state index contributed by atoms with van der Waals surface area (Å²) in [5.74, 6) is -1.40. The Morgan fingerprint density at radius 3 is 2.34 bits per heavy atom. The van der Waals surface area contributed by atoms with Crippen LogP contribution in [0.1, 0.15) is 30.6 Å². The highest BCUT2D eigenvalue weighted by atomic mass is 35.5. The first kappa shape index (κ1) is 23.3. The molecule has 3 rings (SSSR count). The van der Waals surface area contributed by atoms with E-state index in [-0.39, 0.29) is 5.92 Å². The summed E-state index contributed by atoms with van der Waals surface area (Å²) in [6, 6.07) is 18.7. The van der Waals surface area contributed by atoms with E-state index >= 15 is 0 Å². The molecule has 0 saturated heterocycles. The molecule has 0 fully saturated rings. The molecule has 0 unspecified atom stereocenters. The molecule has 0 saturated carbocycles. The number of hydrogen-bond donors (Lipinski definition) is 2. The number of amides is 2. The lowest BCUT2D eigenvalue weighted by Gasteiger charge is -2.19. The van der Waals surface area contributed by atoms with Crippen LogP contribution in [0.5, 0.6) is 0 Å². The minimum atomic E-state index is -0.872. The molecule has 1 atom stereocenters. The predicted molar refractivity (Wildman–Crippen MR) is 126 cm³/mol. The van der Waals surface area contributed by atoms with Crippen LogP contribution in [0.3, 0.4) is 0 Å². The van der Waals surface area contributed by atoms with Crippen LogP contribution in [-0.2, 0) is 14.3 Å². The molecule has 0 aliphatic carbocycles. The molecule has 0 spiro atoms. The molecule has 32 heavy (non-hydrogen) atoms. The number of halogens is 1. The number of anilines is 1. The second-order valence-electron chi connectivity index (χ2n) is 7.85. The van der Waals surface area contributed by atoms with Crippen LogP contribution < -0.4 is 10.6 Å². The first-order chi connectivity index (χ1) is 15.3. The maximum atomic E-state index is 12.6. The molecule has 2 N–H and O–H groups in total. The number of nitrogens with one attached hydrogen (secondary N) is 2. The van der Waals surface area contributed by atoms with Gasteiger partial charge < -0.3 is 15.4 Å². The molecule has 6 nitrogen and oxygen atoms in total. The van der Waals surface area contributed by atoms with Gasteiger partial charge in [0.05, 0.1) is 0 Å². The molecular weight excluding hydrogens is 428 g/mol. The van der Waals surface area contributed by atoms with Gasteiger partial charge >= 0.3 is 5.97 Å². The Kier molecular flexibility index (Phi) is 7.84. The Hall–Kier alpha value is -3.38. The number of ether oxygens (including phenoxy) is 1. The molecule has 3 aromatic rings. The summed E-state index contributed by atoms with van der Waals surface area (Å²) < 4.78 is 5.22. The standard InChI is InChI=1S/C25H25ClN2O4/c1-16(2)14-22(28-24(30)18-10-12-19(26)13-11-18)25(31)32-15-23(29)27-21-9-5-7-17-6-3-4-8-20(17)21/h3-13,16,22H,14-15H2,1-2H3,(H,27,29)(H,28,30)/t22-/m0/s1. The van der Waals surface area contributed by atoms with E-state index in [9.17, 15) is 14.4 Å². The van der Waals surface area contributed by atoms with Crippen LogP contribution in [-0.4, -0.2) is 30.4 Å². The van der Waals surface area contributed by atoms with Crippen molar-refractivity contribution in [2.75, 3.05) is 11.9 Å². The van der Waals surface area contributed by atoms with Gasteiger partial charge in [-0.25, -0.2) is 4.79 Å². The molecule has 0 aliphatic rings. The van der Waals surface area contributed by atoms with Gasteiger partial charge in [0.15, 0.2) is 6.61 Å². The molecule has 166 valence electrons. The fourth-order valence-corrected chi connectivity index (χ4v) is 3.41. The predicted octanol–water partition coefficient (Wildman–Crippen LogP) is 4.82. The van der Waals surface area contributed by atoms with Gasteiger partial charge in [0.25, 0.3) is 11.8 Å². The molecule has 2 amide bonds. The van der Waals surface area contributed by atoms with Gasteiger partial charge in [-0.1, -0.05) is 61.8 Å². The third-order valence-electron chi connectivity index (χ3n) is 4.81. The highest BCUT2D eigenvalue weighted by molar-refractivity contribution is 6.30. The zero-order valence-electron chi connectivity index (χ0n) is 17.9. The molecule has 0 aliphatic heterocycles. The van der Waals surface area contributed by atoms with Crippen LogP contribution in [0, 0.1) is 5.92 Å². The molecule has 0 bridgehead atoms. The maximum absolute atomic E-state index is 12.6. The van der Waals surface area contributed by atoms with E-state index in [1.807, 2.05) is 50.2 Å². The summed E-state index contributed by atoms with van der Waals surface area (Å²) >= 11 is 5.86. The largest absolute Gasteiger partial charge is 0.454 e. The van der Waals surface area contributed by atoms with E-state index in [1.165, 1.54) is 0 Å². The van der Waals surface area contributed by atoms with Gasteiger partial charge in [0, 0.05) is 21.7 Å². The normalized spacial score (nSPS) is 11.8. The van der Waals surface area contributed by atoms with Crippen molar-refractivity contribution in [1.82, 2.24) is 5.32 Å². The number of esters is 1. The average Bonchev–Trinajstić information content (AvgIpc) is 2.77. The molecule has 7 heteroatoms. The zero-order valence-corrected chi connectivity index (χ0v) is 18.7. The Bertz CT molecular complexity index is 1110. The number of benzene rings is 3. The van der Waals surface area contributed by atoms with Crippen LogP contribution in [0.4, 0.5) is 5.69 Å². The highest BCUT2D eigenvalue weighted by Gasteiger charge is 2.25. The van der Waals surface area contributed by atoms with Crippen LogP contribution in [0.25, 0.3) is 10.8 Å². The van der Waals surface area contributed by atoms with Crippen LogP contribution >= 0.6 is 11.6 Å². The second kappa shape index (κ2) is 10.8. The number of hydrogen-bond acceptors (Lipinski definition) is 4. The maximum Gasteiger partial charge on any atom is 0.329 e. The minimum Gasteiger partial charge on any atom is -0.454 e. The van der Waals surface area contributed by atoms with Crippen molar-refractivity contribution in [3.8, 4) is 0 Å². The first-order valence-corrected chi connectivity index (χ1v) is 10.7. The van der Waals surface area contributed by atoms with Crippen molar-refractivity contribution in [2.45, 2.75) is 26.3 Å². The topological polar surface area (TPSA) is 84.5 Å². The molecule has 0 aromatic heterocycles. The SMILES string of the molecule is CC(C)C[C@H](NC(=O)c1ccc(Cl)cc1)C(=O)OCC(=O)Nc1cccc2ccccc12. The van der Waals surface area contributed by atoms with Gasteiger partial charge in [0.1, 0.15) is 6.04 Å². The lowest BCUT2D eigenvalue weighted by Crippen LogP contribution is -2.43. The van der Waals surface area contributed by atoms with Gasteiger partial charge in [-0.05, 0) is 48.1 Å². The monoisotopic (exact) mass is 452 g/mol. The molecule has 3 aromatic carbocycles. The van der Waals surface area contributed by atoms with E-state index in [0.717, 1.165) is 10.8 Å². The quantitative estimate of drug-likeness (QED) is 0.480. The van der Waals surface area contributed by atoms with E-state index in [1.54, 1.807) is 30.3 Å². The van der Waals surface area contributed by atoms with Gasteiger partial charge in [-0.3, -0.25) is 9.59 Å². The van der Waals surface area contributed by atoms with Crippen molar-refractivity contribution in [3.05, 3.63) is 77.3 Å². The number of carbonyl (C=O) groups excluding carboxylic acids is 3. The summed E-state index contributed by atoms with van der Waals surface area (Å²) in [6.07, 6.45) is 0.378. The Morgan fingerprint density at radius 2 is 1.62 bits per heavy atom. The Labute approximate surface area is 191 Å². The van der Waals surface area contributed by atoms with E-state index in [4.69, 9.17) is 16.3 Å². The van der Waals surface area contributed by atoms with Crippen molar-refractivity contribution < 1.29 is 19.1 Å². The Balaban J connectivity index is 1.61. The molecule has 0 heterocycles. The summed E-state index contributed by atoms with van der Waals surface area (Å²) in [6.45, 7) is 3.41. The van der Waals surface area contributed by atoms with Crippen molar-refractivity contribution in [1.29, 1.82) is 0 Å². The van der Waals surface area contributed by atoms with Crippen molar-refractivity contribution >= 4 is 45.8 Å². The lowest BCUT2D eigenvalue weighted by molar-refractivity contribution is -0.149. The minimum absolute atomic E-state index is 0.127. The fourth-order valence-electron chi connectivity index (χ4n) is 3.29. The van der Waals surface area contributed by atoms with Crippen LogP contribution in [0.2, 0.25) is 5.02 Å². The van der Waals surface area contributed by atoms with Crippen molar-refractivity contribution in [3.63, 3.8) is 0 Å². The second-order valence-corrected chi connectivity index (χ2v) is 8.28. The summed E-state index contributed by atoms with van der Waals surface area (Å²) in [5, 5.41) is 7.86. The summed E-state index contributed by atoms with van der Waals surface area (Å²) in [4.78, 5) is 37.5. The summed E-state index contributed by atoms with van der Waals surface area (Å²) in [7, 11) is 0. The van der Waals surface area contributed by atoms with Crippen molar-refractivity contribution in [2.24, 2.45) is 5.92 Å². The van der Waals surface area contributed by atoms with Gasteiger partial charge in [0.2, 0.25) is 0 Å². The molecule has 0 radical (unpaired) electrons. The first-order valence-electron chi connectivity index (χ1n) is 10.3. The highest BCUT2D eigenvalue weighted by Crippen LogP contribution is 2.22. The zero-order chi connectivity index (χ0) is 23.1. The fraction of sp³-hybridized carbons (Fsp3) is 0.240. The summed E-state index contributed by atoms with van der Waals surface area (Å²) in [5.41, 5.74) is 1.02. The smallest absolute Gasteiger partial charge is 0.329 e. The average molecular weight is 453 g/mol. The number of rotatable bonds is 8. The van der Waals surface area contributed by atoms with Gasteiger partial charge in [-0.2, -0.15) is 0 Å². The van der Waals surface area contributed by atoms with E-state index in [0.29, 0.717) is 22.7 Å². The number of fused-ring (bicyclic) bond motifs is 1. The lowest BCUT2D eigenvalue weighted by atomic mass is 10.0. The van der Waals surface area contributed by atoms with E-state index in [2.05, 4.69) is 10.6 Å². The van der Waals surface area contributed by atoms with Crippen LogP contribution in [0.15, 0.2) is 66.7 Å². The number of carbonyl (C=O) groups is 3. The van der Waals surface area contributed by atoms with E-state index < -0.39 is 30.4 Å². The third kappa shape index (κ3) is 6.31. The van der Waals surface area contributed by atoms with Gasteiger partial charge in [-0.15, -0.1) is 0 Å².